The van der Waals surface area contributed by atoms with Crippen LogP contribution in [-0.4, -0.2) is 0 Å². The Labute approximate surface area is 137 Å². The molecule has 0 spiro atoms. The Bertz CT molecular complexity index is 827. The van der Waals surface area contributed by atoms with Gasteiger partial charge in [0.1, 0.15) is 16.8 Å². The summed E-state index contributed by atoms with van der Waals surface area (Å²) in [6.07, 6.45) is 0. The van der Waals surface area contributed by atoms with Crippen molar-refractivity contribution < 1.29 is 4.39 Å². The fraction of sp³-hybridized carbons (Fsp3) is 0. The number of rotatable bonds is 2. The minimum atomic E-state index is -0.331. The van der Waals surface area contributed by atoms with Gasteiger partial charge in [0.05, 0.1) is 5.69 Å². The number of nitrogen functional groups attached to an aromatic ring is 1. The molecule has 2 heterocycles. The third-order valence-corrected chi connectivity index (χ3v) is 5.44. The van der Waals surface area contributed by atoms with Gasteiger partial charge < -0.3 is 5.73 Å². The minimum absolute atomic E-state index is 0.331. The van der Waals surface area contributed by atoms with Gasteiger partial charge in [-0.25, -0.2) is 4.39 Å². The van der Waals surface area contributed by atoms with Crippen LogP contribution in [0, 0.1) is 17.1 Å². The molecule has 2 aromatic heterocycles. The summed E-state index contributed by atoms with van der Waals surface area (Å²) in [6, 6.07) is 10.7. The van der Waals surface area contributed by atoms with Crippen LogP contribution in [0.3, 0.4) is 0 Å². The van der Waals surface area contributed by atoms with Gasteiger partial charge in [0.25, 0.3) is 0 Å². The minimum Gasteiger partial charge on any atom is -0.396 e. The van der Waals surface area contributed by atoms with Crippen LogP contribution in [0.25, 0.3) is 20.9 Å². The van der Waals surface area contributed by atoms with Crippen LogP contribution in [0.2, 0.25) is 0 Å². The maximum absolute atomic E-state index is 13.7. The van der Waals surface area contributed by atoms with Crippen molar-refractivity contribution in [2.45, 2.75) is 0 Å². The average molecular weight is 379 g/mol. The summed E-state index contributed by atoms with van der Waals surface area (Å²) in [6.45, 7) is 0. The fourth-order valence-corrected chi connectivity index (χ4v) is 4.42. The lowest BCUT2D eigenvalue weighted by Crippen LogP contribution is -1.88. The number of benzene rings is 1. The number of anilines is 1. The van der Waals surface area contributed by atoms with Gasteiger partial charge in [-0.2, -0.15) is 5.26 Å². The summed E-state index contributed by atoms with van der Waals surface area (Å²) in [5.41, 5.74) is 8.09. The molecule has 1 aromatic carbocycles. The van der Waals surface area contributed by atoms with Gasteiger partial charge in [-0.05, 0) is 35.2 Å². The summed E-state index contributed by atoms with van der Waals surface area (Å²) in [5, 5.41) is 11.2. The lowest BCUT2D eigenvalue weighted by atomic mass is 10.1. The van der Waals surface area contributed by atoms with E-state index >= 15 is 0 Å². The molecule has 104 valence electrons. The monoisotopic (exact) mass is 378 g/mol. The summed E-state index contributed by atoms with van der Waals surface area (Å²) < 4.78 is 14.3. The van der Waals surface area contributed by atoms with Crippen LogP contribution >= 0.6 is 38.6 Å². The second kappa shape index (κ2) is 5.60. The summed E-state index contributed by atoms with van der Waals surface area (Å²) >= 11 is 6.13. The van der Waals surface area contributed by atoms with Gasteiger partial charge in [-0.3, -0.25) is 0 Å². The van der Waals surface area contributed by atoms with Crippen molar-refractivity contribution in [3.05, 3.63) is 50.9 Å². The van der Waals surface area contributed by atoms with Crippen LogP contribution in [-0.2, 0) is 0 Å². The molecule has 3 aromatic rings. The van der Waals surface area contributed by atoms with E-state index in [0.29, 0.717) is 20.6 Å². The highest BCUT2D eigenvalue weighted by molar-refractivity contribution is 9.10. The van der Waals surface area contributed by atoms with Crippen LogP contribution in [0.5, 0.6) is 0 Å². The first-order valence-electron chi connectivity index (χ1n) is 5.93. The molecule has 0 unspecified atom stereocenters. The van der Waals surface area contributed by atoms with Gasteiger partial charge in [0.2, 0.25) is 0 Å². The van der Waals surface area contributed by atoms with E-state index in [2.05, 4.69) is 22.0 Å². The number of hydrogen-bond acceptors (Lipinski definition) is 4. The Hall–Kier alpha value is -1.68. The summed E-state index contributed by atoms with van der Waals surface area (Å²) in [7, 11) is 0. The number of halogens is 2. The van der Waals surface area contributed by atoms with E-state index in [9.17, 15) is 9.65 Å². The van der Waals surface area contributed by atoms with Crippen molar-refractivity contribution in [3.8, 4) is 27.0 Å². The van der Waals surface area contributed by atoms with Gasteiger partial charge in [0, 0.05) is 19.8 Å². The number of thiophene rings is 2. The molecule has 2 N–H and O–H groups in total. The normalized spacial score (nSPS) is 10.5. The smallest absolute Gasteiger partial charge is 0.129 e. The molecule has 0 bridgehead atoms. The van der Waals surface area contributed by atoms with E-state index in [4.69, 9.17) is 5.73 Å². The number of nitrogens with zero attached hydrogens (tertiary/aromatic N) is 1. The first-order valence-corrected chi connectivity index (χ1v) is 8.41. The number of nitriles is 1. The maximum atomic E-state index is 13.7. The second-order valence-electron chi connectivity index (χ2n) is 4.30. The molecule has 3 rings (SSSR count). The van der Waals surface area contributed by atoms with Crippen molar-refractivity contribution in [2.24, 2.45) is 0 Å². The standard InChI is InChI=1S/C15H8BrFN2S2/c16-9-4-8(5-10(17)6-9)15-13(11-2-1-3-20-11)14(19)12(7-18)21-15/h1-6H,19H2. The molecule has 0 fully saturated rings. The molecule has 6 heteroatoms. The van der Waals surface area contributed by atoms with E-state index in [1.165, 1.54) is 23.5 Å². The third kappa shape index (κ3) is 2.60. The summed E-state index contributed by atoms with van der Waals surface area (Å²) in [4.78, 5) is 2.24. The predicted molar refractivity (Wildman–Crippen MR) is 89.9 cm³/mol. The van der Waals surface area contributed by atoms with Crippen molar-refractivity contribution in [1.29, 1.82) is 5.26 Å². The van der Waals surface area contributed by atoms with Gasteiger partial charge in [-0.1, -0.05) is 22.0 Å². The molecule has 0 saturated heterocycles. The zero-order valence-corrected chi connectivity index (χ0v) is 13.8. The average Bonchev–Trinajstić information content (AvgIpc) is 3.04. The molecule has 0 aliphatic carbocycles. The van der Waals surface area contributed by atoms with E-state index < -0.39 is 0 Å². The van der Waals surface area contributed by atoms with Gasteiger partial charge in [0.15, 0.2) is 0 Å². The third-order valence-electron chi connectivity index (χ3n) is 2.94. The predicted octanol–water partition coefficient (Wildman–Crippen LogP) is 5.50. The Balaban J connectivity index is 2.30. The lowest BCUT2D eigenvalue weighted by molar-refractivity contribution is 0.627. The van der Waals surface area contributed by atoms with Crippen LogP contribution in [0.4, 0.5) is 10.1 Å². The molecular weight excluding hydrogens is 371 g/mol. The molecule has 0 aliphatic heterocycles. The molecule has 0 saturated carbocycles. The van der Waals surface area contributed by atoms with Crippen LogP contribution in [0.1, 0.15) is 4.88 Å². The van der Waals surface area contributed by atoms with Crippen LogP contribution < -0.4 is 5.73 Å². The number of nitrogens with two attached hydrogens (primary N) is 1. The second-order valence-corrected chi connectivity index (χ2v) is 7.18. The van der Waals surface area contributed by atoms with E-state index in [1.807, 2.05) is 23.6 Å². The summed E-state index contributed by atoms with van der Waals surface area (Å²) in [5.74, 6) is -0.331. The Kier molecular flexibility index (Phi) is 3.81. The van der Waals surface area contributed by atoms with Crippen molar-refractivity contribution in [2.75, 3.05) is 5.73 Å². The Morgan fingerprint density at radius 1 is 1.29 bits per heavy atom. The zero-order valence-electron chi connectivity index (χ0n) is 10.6. The highest BCUT2D eigenvalue weighted by atomic mass is 79.9. The highest BCUT2D eigenvalue weighted by Crippen LogP contribution is 2.46. The van der Waals surface area contributed by atoms with E-state index in [0.717, 1.165) is 15.3 Å². The fourth-order valence-electron chi connectivity index (χ4n) is 2.08. The van der Waals surface area contributed by atoms with Crippen molar-refractivity contribution >= 4 is 44.3 Å². The van der Waals surface area contributed by atoms with Crippen molar-refractivity contribution in [1.82, 2.24) is 0 Å². The SMILES string of the molecule is N#Cc1sc(-c2cc(F)cc(Br)c2)c(-c2cccs2)c1N. The molecule has 0 amide bonds. The van der Waals surface area contributed by atoms with Crippen molar-refractivity contribution in [3.63, 3.8) is 0 Å². The maximum Gasteiger partial charge on any atom is 0.129 e. The highest BCUT2D eigenvalue weighted by Gasteiger charge is 2.20. The number of hydrogen-bond donors (Lipinski definition) is 1. The molecule has 21 heavy (non-hydrogen) atoms. The van der Waals surface area contributed by atoms with E-state index in [1.54, 1.807) is 11.3 Å². The largest absolute Gasteiger partial charge is 0.396 e. The first-order chi connectivity index (χ1) is 10.1. The lowest BCUT2D eigenvalue weighted by Gasteiger charge is -2.04. The quantitative estimate of drug-likeness (QED) is 0.639. The Morgan fingerprint density at radius 2 is 2.10 bits per heavy atom. The topological polar surface area (TPSA) is 49.8 Å². The molecule has 0 atom stereocenters. The molecule has 2 nitrogen and oxygen atoms in total. The van der Waals surface area contributed by atoms with Gasteiger partial charge >= 0.3 is 0 Å². The Morgan fingerprint density at radius 3 is 2.71 bits per heavy atom. The van der Waals surface area contributed by atoms with Gasteiger partial charge in [-0.15, -0.1) is 22.7 Å². The molecular formula is C15H8BrFN2S2. The molecule has 0 aliphatic rings. The van der Waals surface area contributed by atoms with Crippen LogP contribution in [0.15, 0.2) is 40.2 Å². The first kappa shape index (κ1) is 14.3. The van der Waals surface area contributed by atoms with E-state index in [-0.39, 0.29) is 5.82 Å². The zero-order chi connectivity index (χ0) is 15.0. The molecule has 0 radical (unpaired) electrons.